The van der Waals surface area contributed by atoms with Crippen molar-refractivity contribution in [2.45, 2.75) is 38.8 Å². The van der Waals surface area contributed by atoms with E-state index < -0.39 is 0 Å². The Morgan fingerprint density at radius 3 is 2.53 bits per heavy atom. The van der Waals surface area contributed by atoms with Crippen LogP contribution in [0.2, 0.25) is 0 Å². The van der Waals surface area contributed by atoms with E-state index in [1.165, 1.54) is 17.7 Å². The lowest BCUT2D eigenvalue weighted by Gasteiger charge is -2.43. The molecular weight excluding hydrogens is 400 g/mol. The van der Waals surface area contributed by atoms with Crippen LogP contribution in [0.4, 0.5) is 11.4 Å². The molecule has 0 aliphatic carbocycles. The second kappa shape index (κ2) is 8.49. The van der Waals surface area contributed by atoms with Crippen LogP contribution in [0.25, 0.3) is 0 Å². The average Bonchev–Trinajstić information content (AvgIpc) is 3.08. The highest BCUT2D eigenvalue weighted by atomic mass is 16.2. The van der Waals surface area contributed by atoms with Crippen molar-refractivity contribution in [2.24, 2.45) is 0 Å². The minimum Gasteiger partial charge on any atom is -0.368 e. The zero-order valence-corrected chi connectivity index (χ0v) is 19.1. The number of carbonyl (C=O) groups is 2. The van der Waals surface area contributed by atoms with Crippen molar-refractivity contribution < 1.29 is 9.59 Å². The van der Waals surface area contributed by atoms with E-state index in [4.69, 9.17) is 0 Å². The Morgan fingerprint density at radius 2 is 1.75 bits per heavy atom. The molecule has 0 bridgehead atoms. The molecule has 6 nitrogen and oxygen atoms in total. The van der Waals surface area contributed by atoms with E-state index in [0.29, 0.717) is 24.2 Å². The monoisotopic (exact) mass is 432 g/mol. The largest absolute Gasteiger partial charge is 0.368 e. The number of rotatable bonds is 2. The zero-order valence-electron chi connectivity index (χ0n) is 19.1. The lowest BCUT2D eigenvalue weighted by Crippen LogP contribution is -2.53. The Labute approximate surface area is 190 Å². The topological polar surface area (TPSA) is 47.1 Å². The maximum Gasteiger partial charge on any atom is 0.257 e. The number of amides is 2. The van der Waals surface area contributed by atoms with Gasteiger partial charge in [-0.1, -0.05) is 18.6 Å². The summed E-state index contributed by atoms with van der Waals surface area (Å²) in [4.78, 5) is 34.9. The first-order valence-electron chi connectivity index (χ1n) is 11.8. The number of carbonyl (C=O) groups excluding carboxylic acids is 2. The summed E-state index contributed by atoms with van der Waals surface area (Å²) in [5.74, 6) is 0.164. The molecule has 0 N–H and O–H groups in total. The van der Waals surface area contributed by atoms with E-state index >= 15 is 0 Å². The van der Waals surface area contributed by atoms with Crippen LogP contribution < -0.4 is 9.80 Å². The predicted molar refractivity (Wildman–Crippen MR) is 127 cm³/mol. The van der Waals surface area contributed by atoms with Crippen molar-refractivity contribution in [3.8, 4) is 0 Å². The van der Waals surface area contributed by atoms with E-state index in [1.54, 1.807) is 0 Å². The summed E-state index contributed by atoms with van der Waals surface area (Å²) in [5.41, 5.74) is 4.75. The number of anilines is 2. The van der Waals surface area contributed by atoms with Gasteiger partial charge in [0.15, 0.2) is 0 Å². The molecule has 32 heavy (non-hydrogen) atoms. The first-order chi connectivity index (χ1) is 15.5. The maximum absolute atomic E-state index is 13.3. The second-order valence-electron chi connectivity index (χ2n) is 9.29. The summed E-state index contributed by atoms with van der Waals surface area (Å²) in [6, 6.07) is 14.1. The smallest absolute Gasteiger partial charge is 0.257 e. The average molecular weight is 433 g/mol. The van der Waals surface area contributed by atoms with E-state index in [0.717, 1.165) is 44.6 Å². The first kappa shape index (κ1) is 20.9. The van der Waals surface area contributed by atoms with Crippen LogP contribution in [0, 0.1) is 6.92 Å². The van der Waals surface area contributed by atoms with E-state index in [1.807, 2.05) is 28.0 Å². The van der Waals surface area contributed by atoms with Crippen molar-refractivity contribution in [3.05, 3.63) is 59.2 Å². The molecule has 3 aliphatic heterocycles. The van der Waals surface area contributed by atoms with Gasteiger partial charge in [0.25, 0.3) is 11.8 Å². The number of fused-ring (bicyclic) bond motifs is 2. The van der Waals surface area contributed by atoms with E-state index in [-0.39, 0.29) is 18.0 Å². The number of aryl methyl sites for hydroxylation is 1. The number of benzene rings is 2. The third-order valence-corrected chi connectivity index (χ3v) is 7.22. The van der Waals surface area contributed by atoms with Crippen LogP contribution in [0.15, 0.2) is 42.5 Å². The Bertz CT molecular complexity index is 1030. The molecule has 0 radical (unpaired) electrons. The van der Waals surface area contributed by atoms with Gasteiger partial charge in [-0.25, -0.2) is 0 Å². The lowest BCUT2D eigenvalue weighted by atomic mass is 10.0. The molecular formula is C26H32N4O2. The molecule has 0 spiro atoms. The first-order valence-corrected chi connectivity index (χ1v) is 11.8. The lowest BCUT2D eigenvalue weighted by molar-refractivity contribution is 0.0659. The van der Waals surface area contributed by atoms with Crippen molar-refractivity contribution in [3.63, 3.8) is 0 Å². The molecule has 2 aromatic carbocycles. The van der Waals surface area contributed by atoms with Crippen molar-refractivity contribution in [2.75, 3.05) is 49.6 Å². The summed E-state index contributed by atoms with van der Waals surface area (Å²) < 4.78 is 0. The number of piperazine rings is 1. The molecule has 3 aliphatic rings. The molecule has 0 saturated carbocycles. The minimum absolute atomic E-state index is 0.0563. The zero-order chi connectivity index (χ0) is 22.2. The summed E-state index contributed by atoms with van der Waals surface area (Å²) in [6.45, 7) is 5.99. The Hall–Kier alpha value is -3.02. The highest BCUT2D eigenvalue weighted by Crippen LogP contribution is 2.34. The molecule has 3 heterocycles. The number of nitrogens with zero attached hydrogens (tertiary/aromatic N) is 4. The molecule has 0 unspecified atom stereocenters. The summed E-state index contributed by atoms with van der Waals surface area (Å²) in [6.07, 6.45) is 4.46. The molecule has 2 amide bonds. The third kappa shape index (κ3) is 3.72. The van der Waals surface area contributed by atoms with Crippen molar-refractivity contribution in [1.82, 2.24) is 9.80 Å². The van der Waals surface area contributed by atoms with Gasteiger partial charge in [0.05, 0.1) is 11.3 Å². The summed E-state index contributed by atoms with van der Waals surface area (Å²) in [5, 5.41) is 0. The second-order valence-corrected chi connectivity index (χ2v) is 9.29. The molecule has 5 rings (SSSR count). The van der Waals surface area contributed by atoms with Crippen LogP contribution in [0.1, 0.15) is 52.0 Å². The van der Waals surface area contributed by atoms with Gasteiger partial charge in [0.2, 0.25) is 0 Å². The van der Waals surface area contributed by atoms with Gasteiger partial charge in [-0.15, -0.1) is 0 Å². The van der Waals surface area contributed by atoms with Crippen LogP contribution in [0.3, 0.4) is 0 Å². The molecule has 168 valence electrons. The van der Waals surface area contributed by atoms with Crippen molar-refractivity contribution in [1.29, 1.82) is 0 Å². The van der Waals surface area contributed by atoms with Gasteiger partial charge < -0.3 is 19.6 Å². The SMILES string of the molecule is Cc1cccc(N2CCN(C(=O)c3ccc4c(c3)N(C)[C@@H]3CCCCCN3C4=O)CC2)c1. The highest BCUT2D eigenvalue weighted by molar-refractivity contribution is 6.04. The fraction of sp³-hybridized carbons (Fsp3) is 0.462. The highest BCUT2D eigenvalue weighted by Gasteiger charge is 2.37. The van der Waals surface area contributed by atoms with Gasteiger partial charge in [0.1, 0.15) is 6.17 Å². The van der Waals surface area contributed by atoms with Gasteiger partial charge in [-0.05, 0) is 62.1 Å². The Balaban J connectivity index is 1.32. The molecule has 0 aromatic heterocycles. The van der Waals surface area contributed by atoms with Crippen LogP contribution >= 0.6 is 0 Å². The fourth-order valence-electron chi connectivity index (χ4n) is 5.36. The summed E-state index contributed by atoms with van der Waals surface area (Å²) >= 11 is 0. The van der Waals surface area contributed by atoms with Crippen LogP contribution in [-0.2, 0) is 0 Å². The molecule has 2 saturated heterocycles. The molecule has 6 heteroatoms. The number of hydrogen-bond acceptors (Lipinski definition) is 4. The van der Waals surface area contributed by atoms with Gasteiger partial charge in [-0.3, -0.25) is 9.59 Å². The summed E-state index contributed by atoms with van der Waals surface area (Å²) in [7, 11) is 2.06. The predicted octanol–water partition coefficient (Wildman–Crippen LogP) is 3.75. The number of hydrogen-bond donors (Lipinski definition) is 0. The molecule has 2 aromatic rings. The molecule has 2 fully saturated rings. The van der Waals surface area contributed by atoms with E-state index in [9.17, 15) is 9.59 Å². The maximum atomic E-state index is 13.3. The normalized spacial score (nSPS) is 21.2. The Kier molecular flexibility index (Phi) is 5.53. The van der Waals surface area contributed by atoms with Gasteiger partial charge in [-0.2, -0.15) is 0 Å². The quantitative estimate of drug-likeness (QED) is 0.725. The molecule has 1 atom stereocenters. The van der Waals surface area contributed by atoms with Crippen LogP contribution in [0.5, 0.6) is 0 Å². The van der Waals surface area contributed by atoms with Gasteiger partial charge >= 0.3 is 0 Å². The van der Waals surface area contributed by atoms with Crippen LogP contribution in [-0.4, -0.2) is 67.6 Å². The minimum atomic E-state index is 0.0563. The van der Waals surface area contributed by atoms with E-state index in [2.05, 4.69) is 48.0 Å². The van der Waals surface area contributed by atoms with Gasteiger partial charge in [0, 0.05) is 51.0 Å². The standard InChI is InChI=1S/C26H32N4O2/c1-19-7-6-8-21(17-19)28-13-15-29(16-14-28)25(31)20-10-11-22-23(18-20)27(2)24-9-4-3-5-12-30(24)26(22)32/h6-8,10-11,17-18,24H,3-5,9,12-16H2,1-2H3/t24-/m0/s1. The van der Waals surface area contributed by atoms with Crippen molar-refractivity contribution >= 4 is 23.2 Å². The Morgan fingerprint density at radius 1 is 0.938 bits per heavy atom. The third-order valence-electron chi connectivity index (χ3n) is 7.22. The fourth-order valence-corrected chi connectivity index (χ4v) is 5.36.